The third kappa shape index (κ3) is 4.53. The predicted molar refractivity (Wildman–Crippen MR) is 115 cm³/mol. The van der Waals surface area contributed by atoms with Crippen LogP contribution in [0, 0.1) is 0 Å². The first-order valence-corrected chi connectivity index (χ1v) is 9.67. The number of hydrogen-bond donors (Lipinski definition) is 2. The van der Waals surface area contributed by atoms with Gasteiger partial charge in [0.05, 0.1) is 23.2 Å². The topological polar surface area (TPSA) is 87.5 Å². The van der Waals surface area contributed by atoms with Gasteiger partial charge in [-0.05, 0) is 17.7 Å². The van der Waals surface area contributed by atoms with Crippen molar-refractivity contribution < 1.29 is 9.90 Å². The van der Waals surface area contributed by atoms with Gasteiger partial charge in [0.25, 0.3) is 0 Å². The van der Waals surface area contributed by atoms with Gasteiger partial charge in [-0.1, -0.05) is 54.6 Å². The van der Waals surface area contributed by atoms with Crippen LogP contribution in [0.5, 0.6) is 0 Å². The fraction of sp³-hybridized carbons (Fsp3) is 0. The van der Waals surface area contributed by atoms with Gasteiger partial charge in [-0.25, -0.2) is 9.78 Å². The Morgan fingerprint density at radius 1 is 1.00 bits per heavy atom. The molecule has 0 unspecified atom stereocenters. The number of anilines is 1. The summed E-state index contributed by atoms with van der Waals surface area (Å²) in [4.78, 5) is 19.9. The average molecular weight is 400 g/mol. The summed E-state index contributed by atoms with van der Waals surface area (Å²) in [7, 11) is 0. The van der Waals surface area contributed by atoms with Crippen molar-refractivity contribution in [2.75, 3.05) is 5.43 Å². The van der Waals surface area contributed by atoms with Crippen LogP contribution in [0.1, 0.15) is 15.9 Å². The maximum absolute atomic E-state index is 11.1. The number of carbonyl (C=O) groups is 1. The molecule has 0 amide bonds. The number of nitrogens with one attached hydrogen (secondary N) is 1. The quantitative estimate of drug-likeness (QED) is 0.351. The highest BCUT2D eigenvalue weighted by Gasteiger charge is 2.06. The van der Waals surface area contributed by atoms with Gasteiger partial charge in [0, 0.05) is 22.7 Å². The SMILES string of the molecule is O=C(O)c1ccnc(-c2ccc(C=NNc3nc(-c4ccccc4)cs3)cc2)c1. The summed E-state index contributed by atoms with van der Waals surface area (Å²) >= 11 is 1.49. The van der Waals surface area contributed by atoms with Crippen LogP contribution in [0.25, 0.3) is 22.5 Å². The van der Waals surface area contributed by atoms with Crippen LogP contribution in [0.2, 0.25) is 0 Å². The molecule has 0 saturated carbocycles. The molecule has 2 aromatic carbocycles. The zero-order chi connectivity index (χ0) is 20.1. The van der Waals surface area contributed by atoms with Crippen molar-refractivity contribution >= 4 is 28.7 Å². The number of hydrazone groups is 1. The second kappa shape index (κ2) is 8.45. The minimum Gasteiger partial charge on any atom is -0.478 e. The van der Waals surface area contributed by atoms with E-state index in [1.54, 1.807) is 12.3 Å². The normalized spacial score (nSPS) is 10.9. The lowest BCUT2D eigenvalue weighted by atomic mass is 10.1. The molecule has 0 aliphatic rings. The Morgan fingerprint density at radius 2 is 1.76 bits per heavy atom. The fourth-order valence-electron chi connectivity index (χ4n) is 2.69. The highest BCUT2D eigenvalue weighted by Crippen LogP contribution is 2.24. The van der Waals surface area contributed by atoms with Crippen LogP contribution < -0.4 is 5.43 Å². The molecule has 7 heteroatoms. The third-order valence-electron chi connectivity index (χ3n) is 4.16. The van der Waals surface area contributed by atoms with E-state index in [9.17, 15) is 4.79 Å². The predicted octanol–water partition coefficient (Wildman–Crippen LogP) is 5.02. The Balaban J connectivity index is 1.41. The summed E-state index contributed by atoms with van der Waals surface area (Å²) in [6.07, 6.45) is 3.20. The van der Waals surface area contributed by atoms with Crippen molar-refractivity contribution in [2.24, 2.45) is 5.10 Å². The van der Waals surface area contributed by atoms with Crippen molar-refractivity contribution in [1.82, 2.24) is 9.97 Å². The molecular weight excluding hydrogens is 384 g/mol. The summed E-state index contributed by atoms with van der Waals surface area (Å²) in [5.74, 6) is -0.971. The van der Waals surface area contributed by atoms with Crippen molar-refractivity contribution in [1.29, 1.82) is 0 Å². The second-order valence-electron chi connectivity index (χ2n) is 6.13. The number of hydrogen-bond acceptors (Lipinski definition) is 6. The van der Waals surface area contributed by atoms with Gasteiger partial charge >= 0.3 is 5.97 Å². The fourth-order valence-corrected chi connectivity index (χ4v) is 3.36. The van der Waals surface area contributed by atoms with E-state index in [1.165, 1.54) is 23.6 Å². The van der Waals surface area contributed by atoms with Crippen LogP contribution in [0.15, 0.2) is 83.4 Å². The lowest BCUT2D eigenvalue weighted by Crippen LogP contribution is -1.97. The van der Waals surface area contributed by atoms with Gasteiger partial charge in [-0.3, -0.25) is 10.4 Å². The van der Waals surface area contributed by atoms with Crippen LogP contribution >= 0.6 is 11.3 Å². The molecule has 2 heterocycles. The number of pyridine rings is 1. The van der Waals surface area contributed by atoms with Gasteiger partial charge in [0.2, 0.25) is 5.13 Å². The Bertz CT molecular complexity index is 1150. The van der Waals surface area contributed by atoms with Gasteiger partial charge in [0.15, 0.2) is 0 Å². The highest BCUT2D eigenvalue weighted by molar-refractivity contribution is 7.14. The number of rotatable bonds is 6. The number of aromatic nitrogens is 2. The van der Waals surface area contributed by atoms with Crippen LogP contribution in [-0.4, -0.2) is 27.3 Å². The zero-order valence-electron chi connectivity index (χ0n) is 15.2. The Labute approximate surface area is 171 Å². The Hall–Kier alpha value is -3.84. The maximum Gasteiger partial charge on any atom is 0.335 e. The van der Waals surface area contributed by atoms with E-state index in [2.05, 4.69) is 20.5 Å². The van der Waals surface area contributed by atoms with Gasteiger partial charge in [0.1, 0.15) is 0 Å². The molecule has 0 aliphatic carbocycles. The Kier molecular flexibility index (Phi) is 5.40. The van der Waals surface area contributed by atoms with Crippen molar-refractivity contribution in [3.05, 3.63) is 89.4 Å². The van der Waals surface area contributed by atoms with Crippen LogP contribution in [0.4, 0.5) is 5.13 Å². The van der Waals surface area contributed by atoms with E-state index < -0.39 is 5.97 Å². The summed E-state index contributed by atoms with van der Waals surface area (Å²) < 4.78 is 0. The largest absolute Gasteiger partial charge is 0.478 e. The minimum absolute atomic E-state index is 0.211. The van der Waals surface area contributed by atoms with Gasteiger partial charge in [-0.15, -0.1) is 11.3 Å². The van der Waals surface area contributed by atoms with Gasteiger partial charge < -0.3 is 5.11 Å². The zero-order valence-corrected chi connectivity index (χ0v) is 16.0. The maximum atomic E-state index is 11.1. The van der Waals surface area contributed by atoms with Crippen LogP contribution in [-0.2, 0) is 0 Å². The number of benzene rings is 2. The monoisotopic (exact) mass is 400 g/mol. The van der Waals surface area contributed by atoms with Crippen molar-refractivity contribution in [3.63, 3.8) is 0 Å². The number of carboxylic acid groups (broad SMARTS) is 1. The molecule has 0 atom stereocenters. The lowest BCUT2D eigenvalue weighted by Gasteiger charge is -2.02. The second-order valence-corrected chi connectivity index (χ2v) is 6.99. The first-order chi connectivity index (χ1) is 14.2. The highest BCUT2D eigenvalue weighted by atomic mass is 32.1. The summed E-state index contributed by atoms with van der Waals surface area (Å²) in [6.45, 7) is 0. The smallest absolute Gasteiger partial charge is 0.335 e. The lowest BCUT2D eigenvalue weighted by molar-refractivity contribution is 0.0697. The van der Waals surface area contributed by atoms with E-state index in [-0.39, 0.29) is 5.56 Å². The minimum atomic E-state index is -0.971. The first-order valence-electron chi connectivity index (χ1n) is 8.79. The summed E-state index contributed by atoms with van der Waals surface area (Å²) in [6, 6.07) is 20.6. The van der Waals surface area contributed by atoms with E-state index in [4.69, 9.17) is 5.11 Å². The third-order valence-corrected chi connectivity index (χ3v) is 4.91. The molecule has 29 heavy (non-hydrogen) atoms. The molecule has 2 aromatic heterocycles. The van der Waals surface area contributed by atoms with E-state index in [1.807, 2.05) is 60.0 Å². The standard InChI is InChI=1S/C22H16N4O2S/c27-21(28)18-10-11-23-19(12-18)17-8-6-15(7-9-17)13-24-26-22-25-20(14-29-22)16-4-2-1-3-5-16/h1-14H,(H,25,26)(H,27,28). The summed E-state index contributed by atoms with van der Waals surface area (Å²) in [5, 5.41) is 16.0. The molecule has 4 aromatic rings. The average Bonchev–Trinajstić information content (AvgIpc) is 3.24. The number of nitrogens with zero attached hydrogens (tertiary/aromatic N) is 3. The summed E-state index contributed by atoms with van der Waals surface area (Å²) in [5.41, 5.74) is 7.49. The molecule has 0 radical (unpaired) electrons. The molecule has 0 bridgehead atoms. The number of thiazole rings is 1. The number of carboxylic acids is 1. The van der Waals surface area contributed by atoms with E-state index in [0.29, 0.717) is 10.8 Å². The van der Waals surface area contributed by atoms with Crippen LogP contribution in [0.3, 0.4) is 0 Å². The molecule has 6 nitrogen and oxygen atoms in total. The molecule has 0 aliphatic heterocycles. The van der Waals surface area contributed by atoms with Crippen molar-refractivity contribution in [2.45, 2.75) is 0 Å². The molecule has 0 spiro atoms. The molecule has 0 fully saturated rings. The van der Waals surface area contributed by atoms with E-state index >= 15 is 0 Å². The number of aromatic carboxylic acids is 1. The molecule has 142 valence electrons. The van der Waals surface area contributed by atoms with Gasteiger partial charge in [-0.2, -0.15) is 5.10 Å². The van der Waals surface area contributed by atoms with E-state index in [0.717, 1.165) is 22.4 Å². The molecule has 2 N–H and O–H groups in total. The molecule has 4 rings (SSSR count). The molecule has 0 saturated heterocycles. The Morgan fingerprint density at radius 3 is 2.52 bits per heavy atom. The van der Waals surface area contributed by atoms with Crippen molar-refractivity contribution in [3.8, 4) is 22.5 Å². The first kappa shape index (κ1) is 18.5. The molecular formula is C22H16N4O2S.